The number of Topliss-reactive ketones (excluding diaryl/α,β-unsaturated/α-hetero) is 1. The number of hydrogen-bond donors (Lipinski definition) is 1. The highest BCUT2D eigenvalue weighted by molar-refractivity contribution is 5.98. The van der Waals surface area contributed by atoms with Gasteiger partial charge in [-0.25, -0.2) is 4.79 Å². The quantitative estimate of drug-likeness (QED) is 0.785. The van der Waals surface area contributed by atoms with Gasteiger partial charge in [-0.15, -0.1) is 0 Å². The van der Waals surface area contributed by atoms with Gasteiger partial charge in [0.15, 0.2) is 0 Å². The van der Waals surface area contributed by atoms with E-state index in [2.05, 4.69) is 22.3 Å². The van der Waals surface area contributed by atoms with Crippen LogP contribution in [-0.2, 0) is 19.7 Å². The van der Waals surface area contributed by atoms with Crippen LogP contribution in [0.5, 0.6) is 0 Å². The molecule has 1 N–H and O–H groups in total. The largest absolute Gasteiger partial charge is 0.467 e. The van der Waals surface area contributed by atoms with Crippen molar-refractivity contribution in [1.29, 1.82) is 0 Å². The molecule has 4 fully saturated rings. The summed E-state index contributed by atoms with van der Waals surface area (Å²) in [5.41, 5.74) is 0.915. The van der Waals surface area contributed by atoms with Gasteiger partial charge in [-0.05, 0) is 49.3 Å². The third-order valence-electron chi connectivity index (χ3n) is 8.34. The van der Waals surface area contributed by atoms with Crippen molar-refractivity contribution in [3.63, 3.8) is 0 Å². The van der Waals surface area contributed by atoms with E-state index in [0.717, 1.165) is 44.5 Å². The number of anilines is 1. The minimum Gasteiger partial charge on any atom is -0.467 e. The van der Waals surface area contributed by atoms with Crippen molar-refractivity contribution >= 4 is 17.4 Å². The van der Waals surface area contributed by atoms with Gasteiger partial charge in [0.1, 0.15) is 11.3 Å². The molecule has 1 aromatic rings. The van der Waals surface area contributed by atoms with Crippen molar-refractivity contribution in [1.82, 2.24) is 4.90 Å². The highest BCUT2D eigenvalue weighted by Gasteiger charge is 2.81. The van der Waals surface area contributed by atoms with Gasteiger partial charge in [0.05, 0.1) is 12.5 Å². The van der Waals surface area contributed by atoms with Crippen LogP contribution in [0.15, 0.2) is 24.3 Å². The predicted octanol–water partition coefficient (Wildman–Crippen LogP) is 2.11. The molecule has 5 heteroatoms. The van der Waals surface area contributed by atoms with Crippen LogP contribution in [-0.4, -0.2) is 48.4 Å². The number of esters is 1. The molecule has 2 saturated carbocycles. The van der Waals surface area contributed by atoms with Crippen LogP contribution in [0.3, 0.4) is 0 Å². The Morgan fingerprint density at radius 1 is 1.27 bits per heavy atom. The van der Waals surface area contributed by atoms with Crippen LogP contribution in [0.2, 0.25) is 0 Å². The number of piperidine rings is 1. The number of carbonyl (C=O) groups is 2. The van der Waals surface area contributed by atoms with Gasteiger partial charge in [0, 0.05) is 30.6 Å². The minimum absolute atomic E-state index is 0.0268. The fourth-order valence-corrected chi connectivity index (χ4v) is 7.77. The first-order valence-corrected chi connectivity index (χ1v) is 9.82. The van der Waals surface area contributed by atoms with E-state index >= 15 is 0 Å². The molecule has 5 atom stereocenters. The summed E-state index contributed by atoms with van der Waals surface area (Å²) in [5, 5.41) is 3.60. The maximum Gasteiger partial charge on any atom is 0.332 e. The summed E-state index contributed by atoms with van der Waals surface area (Å²) in [6.45, 7) is 1.83. The number of carbonyl (C=O) groups excluding carboxylic acids is 2. The van der Waals surface area contributed by atoms with Gasteiger partial charge in [-0.2, -0.15) is 0 Å². The Bertz CT molecular complexity index is 853. The second-order valence-electron chi connectivity index (χ2n) is 9.00. The van der Waals surface area contributed by atoms with Crippen LogP contribution in [0.4, 0.5) is 5.69 Å². The molecule has 2 aliphatic carbocycles. The van der Waals surface area contributed by atoms with E-state index < -0.39 is 11.0 Å². The molecule has 0 amide bonds. The van der Waals surface area contributed by atoms with Gasteiger partial charge in [-0.3, -0.25) is 9.69 Å². The monoisotopic (exact) mass is 352 g/mol. The number of nitrogens with one attached hydrogen (secondary N) is 1. The fourth-order valence-electron chi connectivity index (χ4n) is 7.77. The number of hydrogen-bond acceptors (Lipinski definition) is 5. The zero-order valence-corrected chi connectivity index (χ0v) is 15.1. The number of fused-ring (bicyclic) bond motifs is 1. The summed E-state index contributed by atoms with van der Waals surface area (Å²) in [5.74, 6) is 0.0424. The van der Waals surface area contributed by atoms with Crippen LogP contribution in [0.25, 0.3) is 0 Å². The molecule has 0 radical (unpaired) electrons. The molecule has 3 aliphatic heterocycles. The SMILES string of the molecule is COC(=O)C12CCC34CCCN5CC(C(=O)C3)C1(c1ccccc1N2)C54. The summed E-state index contributed by atoms with van der Waals surface area (Å²) < 4.78 is 5.36. The van der Waals surface area contributed by atoms with Crippen molar-refractivity contribution in [2.75, 3.05) is 25.5 Å². The molecule has 5 nitrogen and oxygen atoms in total. The Morgan fingerprint density at radius 3 is 2.96 bits per heavy atom. The molecule has 5 unspecified atom stereocenters. The zero-order valence-electron chi connectivity index (χ0n) is 15.1. The Labute approximate surface area is 153 Å². The summed E-state index contributed by atoms with van der Waals surface area (Å²) in [6.07, 6.45) is 4.63. The third kappa shape index (κ3) is 1.33. The number of benzene rings is 1. The van der Waals surface area contributed by atoms with E-state index in [1.807, 2.05) is 12.1 Å². The van der Waals surface area contributed by atoms with Crippen molar-refractivity contribution in [3.05, 3.63) is 29.8 Å². The first-order chi connectivity index (χ1) is 12.6. The predicted molar refractivity (Wildman–Crippen MR) is 95.9 cm³/mol. The summed E-state index contributed by atoms with van der Waals surface area (Å²) >= 11 is 0. The molecule has 1 aromatic carbocycles. The topological polar surface area (TPSA) is 58.6 Å². The fraction of sp³-hybridized carbons (Fsp3) is 0.619. The highest BCUT2D eigenvalue weighted by atomic mass is 16.5. The van der Waals surface area contributed by atoms with Gasteiger partial charge in [-0.1, -0.05) is 18.2 Å². The van der Waals surface area contributed by atoms with Crippen molar-refractivity contribution < 1.29 is 14.3 Å². The van der Waals surface area contributed by atoms with E-state index in [0.29, 0.717) is 12.2 Å². The van der Waals surface area contributed by atoms with E-state index in [-0.39, 0.29) is 23.3 Å². The van der Waals surface area contributed by atoms with Gasteiger partial charge < -0.3 is 10.1 Å². The van der Waals surface area contributed by atoms with Crippen molar-refractivity contribution in [2.45, 2.75) is 49.1 Å². The van der Waals surface area contributed by atoms with Gasteiger partial charge in [0.2, 0.25) is 0 Å². The lowest BCUT2D eigenvalue weighted by molar-refractivity contribution is -0.163. The van der Waals surface area contributed by atoms with Gasteiger partial charge >= 0.3 is 5.97 Å². The van der Waals surface area contributed by atoms with Crippen LogP contribution in [0, 0.1) is 11.3 Å². The second kappa shape index (κ2) is 4.50. The Kier molecular flexibility index (Phi) is 2.63. The third-order valence-corrected chi connectivity index (χ3v) is 8.34. The Morgan fingerprint density at radius 2 is 2.12 bits per heavy atom. The molecule has 2 saturated heterocycles. The van der Waals surface area contributed by atoms with E-state index in [4.69, 9.17) is 4.74 Å². The number of ketones is 1. The molecular weight excluding hydrogens is 328 g/mol. The van der Waals surface area contributed by atoms with E-state index in [1.54, 1.807) is 0 Å². The lowest BCUT2D eigenvalue weighted by atomic mass is 9.41. The maximum absolute atomic E-state index is 13.4. The van der Waals surface area contributed by atoms with Crippen LogP contribution in [0.1, 0.15) is 37.7 Å². The first kappa shape index (κ1) is 15.2. The normalized spacial score (nSPS) is 44.9. The Hall–Kier alpha value is -1.88. The lowest BCUT2D eigenvalue weighted by Crippen LogP contribution is -2.75. The molecule has 26 heavy (non-hydrogen) atoms. The smallest absolute Gasteiger partial charge is 0.332 e. The summed E-state index contributed by atoms with van der Waals surface area (Å²) in [6, 6.07) is 8.52. The van der Waals surface area contributed by atoms with Crippen LogP contribution >= 0.6 is 0 Å². The number of para-hydroxylation sites is 1. The lowest BCUT2D eigenvalue weighted by Gasteiger charge is -2.63. The number of nitrogens with zero attached hydrogens (tertiary/aromatic N) is 1. The number of ether oxygens (including phenoxy) is 1. The van der Waals surface area contributed by atoms with E-state index in [9.17, 15) is 9.59 Å². The maximum atomic E-state index is 13.4. The van der Waals surface area contributed by atoms with E-state index in [1.165, 1.54) is 12.7 Å². The molecule has 5 aliphatic rings. The number of rotatable bonds is 1. The first-order valence-electron chi connectivity index (χ1n) is 9.82. The standard InChI is InChI=1S/C21H24N2O3/c1-26-18(25)20-9-8-19-7-4-10-23-12-14(16(24)11-19)21(20,17(19)23)13-5-2-3-6-15(13)22-20/h2-3,5-6,14,17,22H,4,7-12H2,1H3. The molecule has 3 heterocycles. The molecule has 6 rings (SSSR count). The molecule has 136 valence electrons. The highest BCUT2D eigenvalue weighted by Crippen LogP contribution is 2.72. The second-order valence-corrected chi connectivity index (χ2v) is 9.00. The average molecular weight is 352 g/mol. The average Bonchev–Trinajstić information content (AvgIpc) is 3.14. The number of methoxy groups -OCH3 is 1. The van der Waals surface area contributed by atoms with Crippen molar-refractivity contribution in [3.8, 4) is 0 Å². The minimum atomic E-state index is -0.813. The van der Waals surface area contributed by atoms with Crippen molar-refractivity contribution in [2.24, 2.45) is 11.3 Å². The molecule has 0 aromatic heterocycles. The zero-order chi connectivity index (χ0) is 17.7. The summed E-state index contributed by atoms with van der Waals surface area (Å²) in [7, 11) is 1.48. The molecule has 4 bridgehead atoms. The summed E-state index contributed by atoms with van der Waals surface area (Å²) in [4.78, 5) is 29.2. The molecular formula is C21H24N2O3. The van der Waals surface area contributed by atoms with Gasteiger partial charge in [0.25, 0.3) is 0 Å². The molecule has 1 spiro atoms. The Balaban J connectivity index is 1.71. The van der Waals surface area contributed by atoms with Crippen LogP contribution < -0.4 is 5.32 Å².